The first-order valence-corrected chi connectivity index (χ1v) is 6.52. The molecule has 0 aromatic heterocycles. The molecule has 0 aromatic carbocycles. The Balaban J connectivity index is 2.48. The fourth-order valence-electron chi connectivity index (χ4n) is 2.20. The zero-order valence-electron chi connectivity index (χ0n) is 11.5. The maximum Gasteiger partial charge on any atom is 0.328 e. The molecule has 0 aromatic rings. The average Bonchev–Trinajstić information content (AvgIpc) is 2.24. The van der Waals surface area contributed by atoms with Gasteiger partial charge in [0.25, 0.3) is 0 Å². The Kier molecular flexibility index (Phi) is 5.14. The lowest BCUT2D eigenvalue weighted by molar-refractivity contribution is -0.145. The van der Waals surface area contributed by atoms with Crippen molar-refractivity contribution in [2.75, 3.05) is 7.11 Å². The Morgan fingerprint density at radius 3 is 2.39 bits per heavy atom. The molecule has 1 aliphatic rings. The number of ether oxygens (including phenoxy) is 1. The van der Waals surface area contributed by atoms with Gasteiger partial charge < -0.3 is 15.8 Å². The Labute approximate surface area is 108 Å². The summed E-state index contributed by atoms with van der Waals surface area (Å²) in [7, 11) is 1.33. The van der Waals surface area contributed by atoms with Crippen molar-refractivity contribution in [3.8, 4) is 0 Å². The van der Waals surface area contributed by atoms with E-state index in [4.69, 9.17) is 10.5 Å². The van der Waals surface area contributed by atoms with Gasteiger partial charge in [0.1, 0.15) is 6.04 Å². The number of rotatable bonds is 6. The van der Waals surface area contributed by atoms with Crippen molar-refractivity contribution in [2.24, 2.45) is 11.7 Å². The maximum atomic E-state index is 11.9. The minimum Gasteiger partial charge on any atom is -0.467 e. The normalized spacial score (nSPS) is 18.9. The van der Waals surface area contributed by atoms with E-state index in [0.717, 1.165) is 19.3 Å². The second kappa shape index (κ2) is 6.18. The van der Waals surface area contributed by atoms with E-state index in [-0.39, 0.29) is 11.4 Å². The second-order valence-corrected chi connectivity index (χ2v) is 5.67. The molecule has 0 bridgehead atoms. The van der Waals surface area contributed by atoms with Gasteiger partial charge in [-0.05, 0) is 31.6 Å². The van der Waals surface area contributed by atoms with Gasteiger partial charge in [-0.2, -0.15) is 0 Å². The largest absolute Gasteiger partial charge is 0.467 e. The number of nitrogens with one attached hydrogen (secondary N) is 1. The minimum atomic E-state index is -0.564. The number of nitrogens with two attached hydrogens (primary N) is 1. The molecular formula is C13H24N2O3. The first kappa shape index (κ1) is 15.0. The van der Waals surface area contributed by atoms with E-state index in [2.05, 4.69) is 5.32 Å². The molecule has 1 aliphatic carbocycles. The summed E-state index contributed by atoms with van der Waals surface area (Å²) in [6.07, 6.45) is 3.71. The van der Waals surface area contributed by atoms with E-state index in [1.807, 2.05) is 13.8 Å². The molecule has 1 fully saturated rings. The number of carbonyl (C=O) groups is 2. The van der Waals surface area contributed by atoms with Crippen LogP contribution in [0.5, 0.6) is 0 Å². The highest BCUT2D eigenvalue weighted by atomic mass is 16.5. The third-order valence-corrected chi connectivity index (χ3v) is 3.39. The lowest BCUT2D eigenvalue weighted by Gasteiger charge is -2.37. The molecule has 5 nitrogen and oxygen atoms in total. The molecule has 0 aliphatic heterocycles. The molecule has 0 spiro atoms. The van der Waals surface area contributed by atoms with Crippen LogP contribution in [0.15, 0.2) is 0 Å². The fraction of sp³-hybridized carbons (Fsp3) is 0.846. The number of amides is 1. The zero-order chi connectivity index (χ0) is 13.8. The monoisotopic (exact) mass is 256 g/mol. The molecule has 0 unspecified atom stereocenters. The van der Waals surface area contributed by atoms with Crippen LogP contribution in [0.25, 0.3) is 0 Å². The highest BCUT2D eigenvalue weighted by Crippen LogP contribution is 2.31. The van der Waals surface area contributed by atoms with E-state index in [1.165, 1.54) is 7.11 Å². The molecule has 1 amide bonds. The number of methoxy groups -OCH3 is 1. The third-order valence-electron chi connectivity index (χ3n) is 3.39. The summed E-state index contributed by atoms with van der Waals surface area (Å²) >= 11 is 0. The van der Waals surface area contributed by atoms with E-state index in [9.17, 15) is 9.59 Å². The van der Waals surface area contributed by atoms with Gasteiger partial charge in [-0.3, -0.25) is 4.79 Å². The fourth-order valence-corrected chi connectivity index (χ4v) is 2.20. The molecule has 1 rings (SSSR count). The molecule has 1 atom stereocenters. The summed E-state index contributed by atoms with van der Waals surface area (Å²) in [5.74, 6) is -0.241. The van der Waals surface area contributed by atoms with Crippen LogP contribution in [0.3, 0.4) is 0 Å². The molecule has 0 radical (unpaired) electrons. The summed E-state index contributed by atoms with van der Waals surface area (Å²) in [6.45, 7) is 4.00. The Morgan fingerprint density at radius 1 is 1.39 bits per heavy atom. The molecule has 0 heterocycles. The summed E-state index contributed by atoms with van der Waals surface area (Å²) in [5.41, 5.74) is 5.65. The Morgan fingerprint density at radius 2 is 2.00 bits per heavy atom. The van der Waals surface area contributed by atoms with Crippen LogP contribution in [0.4, 0.5) is 0 Å². The van der Waals surface area contributed by atoms with E-state index in [1.54, 1.807) is 0 Å². The number of esters is 1. The van der Waals surface area contributed by atoms with E-state index in [0.29, 0.717) is 18.8 Å². The van der Waals surface area contributed by atoms with Gasteiger partial charge in [0.2, 0.25) is 5.91 Å². The molecule has 5 heteroatoms. The van der Waals surface area contributed by atoms with Crippen molar-refractivity contribution in [2.45, 2.75) is 57.5 Å². The molecular weight excluding hydrogens is 232 g/mol. The number of hydrogen-bond acceptors (Lipinski definition) is 4. The van der Waals surface area contributed by atoms with Crippen molar-refractivity contribution < 1.29 is 14.3 Å². The Bertz CT molecular complexity index is 311. The van der Waals surface area contributed by atoms with Crippen molar-refractivity contribution in [1.82, 2.24) is 5.32 Å². The van der Waals surface area contributed by atoms with Crippen molar-refractivity contribution in [3.05, 3.63) is 0 Å². The zero-order valence-corrected chi connectivity index (χ0v) is 11.5. The van der Waals surface area contributed by atoms with Gasteiger partial charge in [-0.1, -0.05) is 13.8 Å². The summed E-state index contributed by atoms with van der Waals surface area (Å²) in [6, 6.07) is -0.564. The van der Waals surface area contributed by atoms with Gasteiger partial charge in [0.15, 0.2) is 0 Å². The van der Waals surface area contributed by atoms with Crippen molar-refractivity contribution in [3.63, 3.8) is 0 Å². The first-order valence-electron chi connectivity index (χ1n) is 6.52. The van der Waals surface area contributed by atoms with Crippen LogP contribution in [-0.4, -0.2) is 30.6 Å². The van der Waals surface area contributed by atoms with Crippen LogP contribution >= 0.6 is 0 Å². The quantitative estimate of drug-likeness (QED) is 0.694. The lowest BCUT2D eigenvalue weighted by atomic mass is 9.75. The van der Waals surface area contributed by atoms with Gasteiger partial charge in [-0.25, -0.2) is 4.79 Å². The van der Waals surface area contributed by atoms with Crippen molar-refractivity contribution in [1.29, 1.82) is 0 Å². The van der Waals surface area contributed by atoms with E-state index >= 15 is 0 Å². The minimum absolute atomic E-state index is 0.159. The summed E-state index contributed by atoms with van der Waals surface area (Å²) in [4.78, 5) is 23.4. The maximum absolute atomic E-state index is 11.9. The van der Waals surface area contributed by atoms with Gasteiger partial charge in [0.05, 0.1) is 7.11 Å². The predicted octanol–water partition coefficient (Wildman–Crippen LogP) is 0.962. The smallest absolute Gasteiger partial charge is 0.328 e. The Hall–Kier alpha value is -1.10. The van der Waals surface area contributed by atoms with Crippen LogP contribution in [0, 0.1) is 5.92 Å². The predicted molar refractivity (Wildman–Crippen MR) is 68.8 cm³/mol. The summed E-state index contributed by atoms with van der Waals surface area (Å²) in [5, 5.41) is 2.73. The van der Waals surface area contributed by atoms with Crippen LogP contribution in [0.1, 0.15) is 46.0 Å². The van der Waals surface area contributed by atoms with Gasteiger partial charge in [-0.15, -0.1) is 0 Å². The number of hydrogen-bond donors (Lipinski definition) is 2. The summed E-state index contributed by atoms with van der Waals surface area (Å²) < 4.78 is 4.70. The second-order valence-electron chi connectivity index (χ2n) is 5.67. The number of carbonyl (C=O) groups excluding carboxylic acids is 2. The van der Waals surface area contributed by atoms with E-state index < -0.39 is 12.0 Å². The SMILES string of the molecule is COC(=O)[C@H](CC(C)C)NC(=O)CC1(N)CCC1. The average molecular weight is 256 g/mol. The van der Waals surface area contributed by atoms with Crippen LogP contribution < -0.4 is 11.1 Å². The topological polar surface area (TPSA) is 81.4 Å². The highest BCUT2D eigenvalue weighted by molar-refractivity contribution is 5.85. The molecule has 104 valence electrons. The molecule has 0 saturated heterocycles. The first-order chi connectivity index (χ1) is 8.36. The van der Waals surface area contributed by atoms with Crippen LogP contribution in [-0.2, 0) is 14.3 Å². The van der Waals surface area contributed by atoms with Crippen LogP contribution in [0.2, 0.25) is 0 Å². The lowest BCUT2D eigenvalue weighted by Crippen LogP contribution is -2.52. The van der Waals surface area contributed by atoms with Gasteiger partial charge in [0, 0.05) is 12.0 Å². The molecule has 1 saturated carbocycles. The van der Waals surface area contributed by atoms with Gasteiger partial charge >= 0.3 is 5.97 Å². The molecule has 18 heavy (non-hydrogen) atoms. The molecule has 3 N–H and O–H groups in total. The third kappa shape index (κ3) is 4.29. The van der Waals surface area contributed by atoms with Crippen molar-refractivity contribution >= 4 is 11.9 Å². The highest BCUT2D eigenvalue weighted by Gasteiger charge is 2.35. The standard InChI is InChI=1S/C13H24N2O3/c1-9(2)7-10(12(17)18-3)15-11(16)8-13(14)5-4-6-13/h9-10H,4-8,14H2,1-3H3,(H,15,16)/t10-/m0/s1.